The molecule has 0 radical (unpaired) electrons. The van der Waals surface area contributed by atoms with Crippen LogP contribution in [0.15, 0.2) is 48.5 Å². The van der Waals surface area contributed by atoms with Crippen LogP contribution in [0.1, 0.15) is 31.7 Å². The highest BCUT2D eigenvalue weighted by atomic mass is 35.5. The van der Waals surface area contributed by atoms with Gasteiger partial charge in [0.2, 0.25) is 11.8 Å². The molecule has 2 aromatic carbocycles. The van der Waals surface area contributed by atoms with Crippen molar-refractivity contribution in [3.8, 4) is 5.75 Å². The van der Waals surface area contributed by atoms with E-state index in [2.05, 4.69) is 0 Å². The minimum absolute atomic E-state index is 0.0458. The molecule has 0 aliphatic carbocycles. The van der Waals surface area contributed by atoms with Crippen LogP contribution >= 0.6 is 11.6 Å². The van der Waals surface area contributed by atoms with Gasteiger partial charge in [-0.1, -0.05) is 49.7 Å². The topological polar surface area (TPSA) is 72.6 Å². The Morgan fingerprint density at radius 3 is 2.30 bits per heavy atom. The van der Waals surface area contributed by atoms with Crippen molar-refractivity contribution in [3.63, 3.8) is 0 Å². The Morgan fingerprint density at radius 1 is 1.11 bits per heavy atom. The van der Waals surface area contributed by atoms with Gasteiger partial charge in [0.05, 0.1) is 18.7 Å². The Kier molecular flexibility index (Phi) is 7.25. The number of nitrogens with zero attached hydrogens (tertiary/aromatic N) is 1. The van der Waals surface area contributed by atoms with E-state index in [1.54, 1.807) is 36.3 Å². The minimum atomic E-state index is -0.463. The fraction of sp³-hybridized carbons (Fsp3) is 0.333. The zero-order chi connectivity index (χ0) is 20.0. The number of primary amides is 1. The molecule has 6 heteroatoms. The van der Waals surface area contributed by atoms with Crippen LogP contribution in [0.4, 0.5) is 5.69 Å². The number of amides is 2. The van der Waals surface area contributed by atoms with Gasteiger partial charge in [-0.25, -0.2) is 0 Å². The molecule has 0 heterocycles. The number of ether oxygens (including phenoxy) is 1. The monoisotopic (exact) mass is 388 g/mol. The van der Waals surface area contributed by atoms with E-state index in [4.69, 9.17) is 22.1 Å². The second kappa shape index (κ2) is 9.42. The highest BCUT2D eigenvalue weighted by Crippen LogP contribution is 2.34. The van der Waals surface area contributed by atoms with Gasteiger partial charge >= 0.3 is 0 Å². The first-order valence-corrected chi connectivity index (χ1v) is 9.21. The summed E-state index contributed by atoms with van der Waals surface area (Å²) < 4.78 is 5.42. The molecule has 0 spiro atoms. The van der Waals surface area contributed by atoms with Gasteiger partial charge < -0.3 is 15.4 Å². The van der Waals surface area contributed by atoms with Crippen LogP contribution in [0.5, 0.6) is 5.75 Å². The fourth-order valence-corrected chi connectivity index (χ4v) is 3.20. The minimum Gasteiger partial charge on any atom is -0.495 e. The maximum Gasteiger partial charge on any atom is 0.234 e. The van der Waals surface area contributed by atoms with E-state index in [1.807, 2.05) is 38.1 Å². The lowest BCUT2D eigenvalue weighted by atomic mass is 9.87. The summed E-state index contributed by atoms with van der Waals surface area (Å²) in [6.07, 6.45) is 0.0647. The zero-order valence-electron chi connectivity index (χ0n) is 15.8. The lowest BCUT2D eigenvalue weighted by Gasteiger charge is -2.30. The summed E-state index contributed by atoms with van der Waals surface area (Å²) in [4.78, 5) is 26.5. The Labute approximate surface area is 165 Å². The number of benzene rings is 2. The van der Waals surface area contributed by atoms with E-state index in [-0.39, 0.29) is 30.7 Å². The average molecular weight is 389 g/mol. The van der Waals surface area contributed by atoms with Crippen molar-refractivity contribution in [2.24, 2.45) is 11.7 Å². The highest BCUT2D eigenvalue weighted by molar-refractivity contribution is 6.30. The third-order valence-corrected chi connectivity index (χ3v) is 4.64. The van der Waals surface area contributed by atoms with Crippen LogP contribution in [-0.4, -0.2) is 25.5 Å². The molecule has 0 saturated heterocycles. The van der Waals surface area contributed by atoms with Crippen molar-refractivity contribution in [3.05, 3.63) is 59.1 Å². The Balaban J connectivity index is 2.46. The van der Waals surface area contributed by atoms with Crippen LogP contribution in [0.25, 0.3) is 0 Å². The number of carbonyl (C=O) groups is 2. The third-order valence-electron chi connectivity index (χ3n) is 4.39. The molecule has 0 saturated carbocycles. The summed E-state index contributed by atoms with van der Waals surface area (Å²) in [5.41, 5.74) is 6.82. The molecule has 0 aliphatic rings. The molecule has 0 aliphatic heterocycles. The summed E-state index contributed by atoms with van der Waals surface area (Å²) >= 11 is 5.99. The maximum atomic E-state index is 13.5. The molecule has 0 fully saturated rings. The molecule has 5 nitrogen and oxygen atoms in total. The SMILES string of the molecule is COc1ccccc1N(CCC(N)=O)C(=O)[C@H](c1ccc(Cl)cc1)C(C)C. The second-order valence-electron chi connectivity index (χ2n) is 6.65. The number of rotatable bonds is 8. The molecule has 27 heavy (non-hydrogen) atoms. The second-order valence-corrected chi connectivity index (χ2v) is 7.09. The number of halogens is 1. The first-order valence-electron chi connectivity index (χ1n) is 8.83. The molecule has 0 bridgehead atoms. The van der Waals surface area contributed by atoms with Crippen molar-refractivity contribution in [2.45, 2.75) is 26.2 Å². The molecule has 2 amide bonds. The number of methoxy groups -OCH3 is 1. The van der Waals surface area contributed by atoms with Crippen LogP contribution in [0.3, 0.4) is 0 Å². The number of anilines is 1. The number of nitrogens with two attached hydrogens (primary N) is 1. The first-order chi connectivity index (χ1) is 12.8. The lowest BCUT2D eigenvalue weighted by Crippen LogP contribution is -2.39. The molecular formula is C21H25ClN2O3. The van der Waals surface area contributed by atoms with E-state index >= 15 is 0 Å². The average Bonchev–Trinajstić information content (AvgIpc) is 2.63. The lowest BCUT2D eigenvalue weighted by molar-refractivity contribution is -0.121. The quantitative estimate of drug-likeness (QED) is 0.742. The Hall–Kier alpha value is -2.53. The predicted octanol–water partition coefficient (Wildman–Crippen LogP) is 4.00. The normalized spacial score (nSPS) is 11.9. The van der Waals surface area contributed by atoms with E-state index in [0.717, 1.165) is 5.56 Å². The fourth-order valence-electron chi connectivity index (χ4n) is 3.07. The van der Waals surface area contributed by atoms with Gasteiger partial charge in [0.1, 0.15) is 5.75 Å². The largest absolute Gasteiger partial charge is 0.495 e. The van der Waals surface area contributed by atoms with Crippen molar-refractivity contribution < 1.29 is 14.3 Å². The molecule has 2 rings (SSSR count). The number of carbonyl (C=O) groups excluding carboxylic acids is 2. The smallest absolute Gasteiger partial charge is 0.234 e. The molecule has 0 aromatic heterocycles. The van der Waals surface area contributed by atoms with Crippen molar-refractivity contribution in [1.29, 1.82) is 0 Å². The summed E-state index contributed by atoms with van der Waals surface area (Å²) in [5.74, 6) is -0.355. The van der Waals surface area contributed by atoms with Gasteiger partial charge in [0.15, 0.2) is 0 Å². The van der Waals surface area contributed by atoms with Gasteiger partial charge in [-0.2, -0.15) is 0 Å². The zero-order valence-corrected chi connectivity index (χ0v) is 16.6. The van der Waals surface area contributed by atoms with E-state index in [9.17, 15) is 9.59 Å². The van der Waals surface area contributed by atoms with Gasteiger partial charge in [-0.15, -0.1) is 0 Å². The van der Waals surface area contributed by atoms with Crippen molar-refractivity contribution in [1.82, 2.24) is 0 Å². The van der Waals surface area contributed by atoms with Gasteiger partial charge in [-0.3, -0.25) is 9.59 Å². The predicted molar refractivity (Wildman–Crippen MR) is 108 cm³/mol. The van der Waals surface area contributed by atoms with E-state index in [1.165, 1.54) is 0 Å². The van der Waals surface area contributed by atoms with Crippen LogP contribution in [0.2, 0.25) is 5.02 Å². The van der Waals surface area contributed by atoms with Crippen LogP contribution in [-0.2, 0) is 9.59 Å². The summed E-state index contributed by atoms with van der Waals surface area (Å²) in [7, 11) is 1.55. The highest BCUT2D eigenvalue weighted by Gasteiger charge is 2.31. The van der Waals surface area contributed by atoms with Crippen molar-refractivity contribution >= 4 is 29.1 Å². The van der Waals surface area contributed by atoms with Crippen LogP contribution in [0, 0.1) is 5.92 Å². The van der Waals surface area contributed by atoms with Gasteiger partial charge in [0, 0.05) is 18.0 Å². The molecule has 1 atom stereocenters. The maximum absolute atomic E-state index is 13.5. The van der Waals surface area contributed by atoms with Crippen LogP contribution < -0.4 is 15.4 Å². The molecule has 144 valence electrons. The van der Waals surface area contributed by atoms with Crippen molar-refractivity contribution in [2.75, 3.05) is 18.6 Å². The third kappa shape index (κ3) is 5.23. The molecule has 2 aromatic rings. The molecule has 0 unspecified atom stereocenters. The van der Waals surface area contributed by atoms with E-state index in [0.29, 0.717) is 16.5 Å². The van der Waals surface area contributed by atoms with E-state index < -0.39 is 5.91 Å². The number of hydrogen-bond acceptors (Lipinski definition) is 3. The first kappa shape index (κ1) is 20.8. The van der Waals surface area contributed by atoms with Gasteiger partial charge in [0.25, 0.3) is 0 Å². The summed E-state index contributed by atoms with van der Waals surface area (Å²) in [6.45, 7) is 4.17. The Morgan fingerprint density at radius 2 is 1.74 bits per heavy atom. The summed E-state index contributed by atoms with van der Waals surface area (Å²) in [5, 5.41) is 0.615. The standard InChI is InChI=1S/C21H25ClN2O3/c1-14(2)20(15-8-10-16(22)11-9-15)21(26)24(13-12-19(23)25)17-6-4-5-7-18(17)27-3/h4-11,14,20H,12-13H2,1-3H3,(H2,23,25)/t20-/m0/s1. The Bertz CT molecular complexity index is 790. The summed E-state index contributed by atoms with van der Waals surface area (Å²) in [6, 6.07) is 14.5. The molecular weight excluding hydrogens is 364 g/mol. The van der Waals surface area contributed by atoms with Gasteiger partial charge in [-0.05, 0) is 35.7 Å². The number of para-hydroxylation sites is 2. The molecule has 2 N–H and O–H groups in total. The number of hydrogen-bond donors (Lipinski definition) is 1.